The number of hydrogen-bond acceptors (Lipinski definition) is 5. The number of pyridine rings is 1. The van der Waals surface area contributed by atoms with Crippen LogP contribution in [0.15, 0.2) is 28.8 Å². The Balaban J connectivity index is 2.12. The Morgan fingerprint density at radius 3 is 2.77 bits per heavy atom. The molecule has 114 valence electrons. The van der Waals surface area contributed by atoms with E-state index in [-0.39, 0.29) is 0 Å². The summed E-state index contributed by atoms with van der Waals surface area (Å²) in [6.07, 6.45) is 1.74. The van der Waals surface area contributed by atoms with Crippen LogP contribution in [0.1, 0.15) is 31.7 Å². The second-order valence-corrected chi connectivity index (χ2v) is 5.23. The largest absolute Gasteiger partial charge is 0.477 e. The highest BCUT2D eigenvalue weighted by Crippen LogP contribution is 2.30. The second-order valence-electron chi connectivity index (χ2n) is 5.23. The third kappa shape index (κ3) is 2.79. The lowest BCUT2D eigenvalue weighted by Crippen LogP contribution is -1.98. The SMILES string of the molecule is CCCc1nc(-c2cc3ccc(C)cc3nc2OCC)no1. The van der Waals surface area contributed by atoms with E-state index in [9.17, 15) is 0 Å². The molecule has 2 aromatic heterocycles. The molecular formula is C17H19N3O2. The van der Waals surface area contributed by atoms with E-state index < -0.39 is 0 Å². The maximum absolute atomic E-state index is 5.68. The molecule has 0 unspecified atom stereocenters. The minimum Gasteiger partial charge on any atom is -0.477 e. The molecule has 5 nitrogen and oxygen atoms in total. The molecule has 1 aromatic carbocycles. The minimum absolute atomic E-state index is 0.530. The summed E-state index contributed by atoms with van der Waals surface area (Å²) in [7, 11) is 0. The van der Waals surface area contributed by atoms with Crippen molar-refractivity contribution in [2.45, 2.75) is 33.6 Å². The van der Waals surface area contributed by atoms with Gasteiger partial charge in [-0.05, 0) is 38.0 Å². The molecule has 0 amide bonds. The lowest BCUT2D eigenvalue weighted by molar-refractivity contribution is 0.329. The highest BCUT2D eigenvalue weighted by molar-refractivity contribution is 5.85. The quantitative estimate of drug-likeness (QED) is 0.713. The van der Waals surface area contributed by atoms with E-state index in [0.29, 0.717) is 24.2 Å². The van der Waals surface area contributed by atoms with Crippen molar-refractivity contribution in [3.63, 3.8) is 0 Å². The first-order valence-corrected chi connectivity index (χ1v) is 7.58. The number of nitrogens with zero attached hydrogens (tertiary/aromatic N) is 3. The van der Waals surface area contributed by atoms with Gasteiger partial charge in [0.1, 0.15) is 0 Å². The highest BCUT2D eigenvalue weighted by atomic mass is 16.5. The van der Waals surface area contributed by atoms with Gasteiger partial charge < -0.3 is 9.26 Å². The molecule has 0 atom stereocenters. The molecule has 22 heavy (non-hydrogen) atoms. The van der Waals surface area contributed by atoms with Gasteiger partial charge in [0.05, 0.1) is 17.7 Å². The summed E-state index contributed by atoms with van der Waals surface area (Å²) >= 11 is 0. The smallest absolute Gasteiger partial charge is 0.226 e. The number of hydrogen-bond donors (Lipinski definition) is 0. The van der Waals surface area contributed by atoms with Crippen molar-refractivity contribution in [3.8, 4) is 17.3 Å². The molecular weight excluding hydrogens is 278 g/mol. The van der Waals surface area contributed by atoms with E-state index in [1.807, 2.05) is 32.0 Å². The van der Waals surface area contributed by atoms with Crippen LogP contribution in [0.4, 0.5) is 0 Å². The maximum atomic E-state index is 5.68. The number of benzene rings is 1. The zero-order valence-corrected chi connectivity index (χ0v) is 13.1. The predicted molar refractivity (Wildman–Crippen MR) is 84.9 cm³/mol. The Morgan fingerprint density at radius 1 is 1.14 bits per heavy atom. The predicted octanol–water partition coefficient (Wildman–Crippen LogP) is 3.94. The first-order valence-electron chi connectivity index (χ1n) is 7.58. The lowest BCUT2D eigenvalue weighted by Gasteiger charge is -2.08. The van der Waals surface area contributed by atoms with E-state index in [0.717, 1.165) is 29.3 Å². The van der Waals surface area contributed by atoms with Gasteiger partial charge in [0.15, 0.2) is 0 Å². The molecule has 3 rings (SSSR count). The van der Waals surface area contributed by atoms with Crippen LogP contribution >= 0.6 is 0 Å². The van der Waals surface area contributed by atoms with Gasteiger partial charge in [0, 0.05) is 11.8 Å². The molecule has 0 aliphatic rings. The zero-order valence-electron chi connectivity index (χ0n) is 13.1. The van der Waals surface area contributed by atoms with Gasteiger partial charge in [-0.15, -0.1) is 0 Å². The summed E-state index contributed by atoms with van der Waals surface area (Å²) in [6.45, 7) is 6.60. The Morgan fingerprint density at radius 2 is 2.00 bits per heavy atom. The monoisotopic (exact) mass is 297 g/mol. The number of rotatable bonds is 5. The van der Waals surface area contributed by atoms with Crippen LogP contribution in [0.2, 0.25) is 0 Å². The summed E-state index contributed by atoms with van der Waals surface area (Å²) in [6, 6.07) is 8.16. The van der Waals surface area contributed by atoms with Gasteiger partial charge >= 0.3 is 0 Å². The Bertz CT molecular complexity index is 796. The van der Waals surface area contributed by atoms with Crippen molar-refractivity contribution in [1.82, 2.24) is 15.1 Å². The molecule has 0 radical (unpaired) electrons. The Labute approximate surface area is 129 Å². The van der Waals surface area contributed by atoms with Gasteiger partial charge in [0.2, 0.25) is 17.6 Å². The summed E-state index contributed by atoms with van der Waals surface area (Å²) in [5, 5.41) is 5.10. The van der Waals surface area contributed by atoms with Gasteiger partial charge in [-0.25, -0.2) is 4.98 Å². The average Bonchev–Trinajstić information content (AvgIpc) is 2.96. The lowest BCUT2D eigenvalue weighted by atomic mass is 10.1. The van der Waals surface area contributed by atoms with Gasteiger partial charge in [-0.2, -0.15) is 4.98 Å². The topological polar surface area (TPSA) is 61.0 Å². The highest BCUT2D eigenvalue weighted by Gasteiger charge is 2.16. The summed E-state index contributed by atoms with van der Waals surface area (Å²) in [4.78, 5) is 9.05. The second kappa shape index (κ2) is 6.13. The van der Waals surface area contributed by atoms with Crippen molar-refractivity contribution in [2.24, 2.45) is 0 Å². The molecule has 0 saturated heterocycles. The molecule has 2 heterocycles. The van der Waals surface area contributed by atoms with Crippen molar-refractivity contribution in [3.05, 3.63) is 35.7 Å². The third-order valence-electron chi connectivity index (χ3n) is 3.39. The van der Waals surface area contributed by atoms with Crippen LogP contribution in [0.25, 0.3) is 22.3 Å². The van der Waals surface area contributed by atoms with Crippen molar-refractivity contribution < 1.29 is 9.26 Å². The fourth-order valence-electron chi connectivity index (χ4n) is 2.35. The van der Waals surface area contributed by atoms with Gasteiger partial charge in [-0.1, -0.05) is 24.2 Å². The number of aryl methyl sites for hydroxylation is 2. The fraction of sp³-hybridized carbons (Fsp3) is 0.353. The normalized spacial score (nSPS) is 11.0. The van der Waals surface area contributed by atoms with Crippen LogP contribution in [-0.2, 0) is 6.42 Å². The Kier molecular flexibility index (Phi) is 4.04. The molecule has 0 N–H and O–H groups in total. The van der Waals surface area contributed by atoms with E-state index >= 15 is 0 Å². The summed E-state index contributed by atoms with van der Waals surface area (Å²) in [5.74, 6) is 1.72. The van der Waals surface area contributed by atoms with Crippen LogP contribution in [-0.4, -0.2) is 21.7 Å². The minimum atomic E-state index is 0.530. The average molecular weight is 297 g/mol. The van der Waals surface area contributed by atoms with Crippen molar-refractivity contribution >= 4 is 10.9 Å². The number of aromatic nitrogens is 3. The molecule has 0 bridgehead atoms. The Hall–Kier alpha value is -2.43. The van der Waals surface area contributed by atoms with Crippen LogP contribution in [0.3, 0.4) is 0 Å². The zero-order chi connectivity index (χ0) is 15.5. The maximum Gasteiger partial charge on any atom is 0.226 e. The fourth-order valence-corrected chi connectivity index (χ4v) is 2.35. The summed E-state index contributed by atoms with van der Waals surface area (Å²) < 4.78 is 11.0. The first-order chi connectivity index (χ1) is 10.7. The van der Waals surface area contributed by atoms with Gasteiger partial charge in [0.25, 0.3) is 0 Å². The van der Waals surface area contributed by atoms with Crippen LogP contribution < -0.4 is 4.74 Å². The molecule has 5 heteroatoms. The molecule has 0 spiro atoms. The van der Waals surface area contributed by atoms with Crippen LogP contribution in [0.5, 0.6) is 5.88 Å². The van der Waals surface area contributed by atoms with Crippen molar-refractivity contribution in [2.75, 3.05) is 6.61 Å². The molecule has 0 aliphatic carbocycles. The van der Waals surface area contributed by atoms with Crippen molar-refractivity contribution in [1.29, 1.82) is 0 Å². The van der Waals surface area contributed by atoms with Crippen LogP contribution in [0, 0.1) is 6.92 Å². The molecule has 3 aromatic rings. The first kappa shape index (κ1) is 14.5. The standard InChI is InChI=1S/C17H19N3O2/c1-4-6-15-19-16(20-22-15)13-10-12-8-7-11(3)9-14(12)18-17(13)21-5-2/h7-10H,4-6H2,1-3H3. The number of fused-ring (bicyclic) bond motifs is 1. The van der Waals surface area contributed by atoms with Gasteiger partial charge in [-0.3, -0.25) is 0 Å². The molecule has 0 saturated carbocycles. The van der Waals surface area contributed by atoms with E-state index in [1.54, 1.807) is 0 Å². The summed E-state index contributed by atoms with van der Waals surface area (Å²) in [5.41, 5.74) is 2.84. The van der Waals surface area contributed by atoms with E-state index in [2.05, 4.69) is 28.1 Å². The van der Waals surface area contributed by atoms with E-state index in [1.165, 1.54) is 5.56 Å². The molecule has 0 fully saturated rings. The number of ether oxygens (including phenoxy) is 1. The third-order valence-corrected chi connectivity index (χ3v) is 3.39. The van der Waals surface area contributed by atoms with E-state index in [4.69, 9.17) is 9.26 Å². The molecule has 0 aliphatic heterocycles.